The molecule has 0 amide bonds. The fraction of sp³-hybridized carbons (Fsp3) is 0.400. The molecule has 0 aliphatic heterocycles. The van der Waals surface area contributed by atoms with Crippen molar-refractivity contribution in [1.29, 1.82) is 0 Å². The van der Waals surface area contributed by atoms with Crippen molar-refractivity contribution in [3.63, 3.8) is 0 Å². The van der Waals surface area contributed by atoms with Crippen molar-refractivity contribution in [2.75, 3.05) is 23.7 Å². The van der Waals surface area contributed by atoms with Crippen molar-refractivity contribution in [2.45, 2.75) is 13.8 Å². The van der Waals surface area contributed by atoms with Gasteiger partial charge in [0.15, 0.2) is 0 Å². The number of rotatable bonds is 4. The van der Waals surface area contributed by atoms with Crippen LogP contribution < -0.4 is 10.6 Å². The zero-order chi connectivity index (χ0) is 12.3. The predicted octanol–water partition coefficient (Wildman–Crippen LogP) is 0.486. The molecule has 7 nitrogen and oxygen atoms in total. The molecule has 0 radical (unpaired) electrons. The van der Waals surface area contributed by atoms with Crippen LogP contribution in [0.15, 0.2) is 18.5 Å². The van der Waals surface area contributed by atoms with E-state index < -0.39 is 0 Å². The highest BCUT2D eigenvalue weighted by Gasteiger charge is 2.13. The minimum Gasteiger partial charge on any atom is -0.368 e. The Morgan fingerprint density at radius 3 is 2.47 bits per heavy atom. The van der Waals surface area contributed by atoms with Crippen LogP contribution in [0.1, 0.15) is 13.8 Å². The third-order valence-corrected chi connectivity index (χ3v) is 2.41. The summed E-state index contributed by atoms with van der Waals surface area (Å²) in [5.41, 5.74) is 5.80. The highest BCUT2D eigenvalue weighted by molar-refractivity contribution is 5.38. The minimum absolute atomic E-state index is 0.290. The van der Waals surface area contributed by atoms with Gasteiger partial charge in [-0.15, -0.1) is 5.10 Å². The SMILES string of the molecule is CCN(CC)c1nc(N)n(-c2ncccn2)n1. The van der Waals surface area contributed by atoms with Gasteiger partial charge in [-0.2, -0.15) is 9.67 Å². The molecule has 0 unspecified atom stereocenters. The third kappa shape index (κ3) is 2.17. The molecule has 0 fully saturated rings. The fourth-order valence-electron chi connectivity index (χ4n) is 1.50. The van der Waals surface area contributed by atoms with Crippen LogP contribution in [0.2, 0.25) is 0 Å². The number of hydrogen-bond acceptors (Lipinski definition) is 6. The first-order chi connectivity index (χ1) is 8.26. The molecule has 0 aliphatic carbocycles. The number of nitrogens with two attached hydrogens (primary N) is 1. The third-order valence-electron chi connectivity index (χ3n) is 2.41. The quantitative estimate of drug-likeness (QED) is 0.827. The number of nitrogen functional groups attached to an aromatic ring is 1. The predicted molar refractivity (Wildman–Crippen MR) is 64.9 cm³/mol. The summed E-state index contributed by atoms with van der Waals surface area (Å²) in [6.45, 7) is 5.74. The second-order valence-electron chi connectivity index (χ2n) is 3.40. The van der Waals surface area contributed by atoms with Crippen LogP contribution >= 0.6 is 0 Å². The minimum atomic E-state index is 0.290. The lowest BCUT2D eigenvalue weighted by atomic mass is 10.5. The first kappa shape index (κ1) is 11.3. The molecule has 2 rings (SSSR count). The van der Waals surface area contributed by atoms with Gasteiger partial charge >= 0.3 is 0 Å². The van der Waals surface area contributed by atoms with Crippen LogP contribution in [0, 0.1) is 0 Å². The summed E-state index contributed by atoms with van der Waals surface area (Å²) in [4.78, 5) is 14.4. The maximum absolute atomic E-state index is 5.80. The monoisotopic (exact) mass is 233 g/mol. The number of anilines is 2. The van der Waals surface area contributed by atoms with Gasteiger partial charge in [-0.25, -0.2) is 9.97 Å². The second kappa shape index (κ2) is 4.77. The summed E-state index contributed by atoms with van der Waals surface area (Å²) in [6.07, 6.45) is 3.28. The number of nitrogens with zero attached hydrogens (tertiary/aromatic N) is 6. The van der Waals surface area contributed by atoms with Crippen LogP contribution in [0.4, 0.5) is 11.9 Å². The molecule has 0 aliphatic rings. The van der Waals surface area contributed by atoms with E-state index in [0.29, 0.717) is 11.9 Å². The molecule has 0 saturated heterocycles. The zero-order valence-corrected chi connectivity index (χ0v) is 9.91. The van der Waals surface area contributed by atoms with E-state index in [-0.39, 0.29) is 5.95 Å². The van der Waals surface area contributed by atoms with Gasteiger partial charge < -0.3 is 10.6 Å². The summed E-state index contributed by atoms with van der Waals surface area (Å²) in [6, 6.07) is 1.74. The Balaban J connectivity index is 2.37. The zero-order valence-electron chi connectivity index (χ0n) is 9.91. The molecule has 90 valence electrons. The lowest BCUT2D eigenvalue weighted by molar-refractivity contribution is 0.778. The lowest BCUT2D eigenvalue weighted by Gasteiger charge is -2.15. The number of aromatic nitrogens is 5. The van der Waals surface area contributed by atoms with E-state index in [9.17, 15) is 0 Å². The van der Waals surface area contributed by atoms with E-state index >= 15 is 0 Å². The first-order valence-corrected chi connectivity index (χ1v) is 5.51. The molecule has 2 aromatic heterocycles. The maximum Gasteiger partial charge on any atom is 0.253 e. The van der Waals surface area contributed by atoms with Crippen LogP contribution in [0.3, 0.4) is 0 Å². The molecular weight excluding hydrogens is 218 g/mol. The van der Waals surface area contributed by atoms with Crippen molar-refractivity contribution in [1.82, 2.24) is 24.7 Å². The molecule has 2 aromatic rings. The Morgan fingerprint density at radius 2 is 1.88 bits per heavy atom. The van der Waals surface area contributed by atoms with Gasteiger partial charge in [0.1, 0.15) is 0 Å². The standard InChI is InChI=1S/C10H15N7/c1-3-16(4-2)10-14-8(11)17(15-10)9-12-6-5-7-13-9/h5-7H,3-4H2,1-2H3,(H2,11,14,15). The van der Waals surface area contributed by atoms with Gasteiger partial charge in [0.2, 0.25) is 11.9 Å². The molecule has 0 bridgehead atoms. The average Bonchev–Trinajstić information content (AvgIpc) is 2.74. The van der Waals surface area contributed by atoms with Gasteiger partial charge in [0.25, 0.3) is 5.95 Å². The van der Waals surface area contributed by atoms with Crippen molar-refractivity contribution < 1.29 is 0 Å². The largest absolute Gasteiger partial charge is 0.368 e. The van der Waals surface area contributed by atoms with Crippen molar-refractivity contribution in [3.05, 3.63) is 18.5 Å². The van der Waals surface area contributed by atoms with Crippen molar-refractivity contribution >= 4 is 11.9 Å². The van der Waals surface area contributed by atoms with Crippen molar-refractivity contribution in [3.8, 4) is 5.95 Å². The van der Waals surface area contributed by atoms with Gasteiger partial charge in [-0.05, 0) is 19.9 Å². The van der Waals surface area contributed by atoms with Gasteiger partial charge in [-0.1, -0.05) is 0 Å². The summed E-state index contributed by atoms with van der Waals surface area (Å²) in [5.74, 6) is 1.31. The molecule has 0 aromatic carbocycles. The first-order valence-electron chi connectivity index (χ1n) is 5.51. The summed E-state index contributed by atoms with van der Waals surface area (Å²) < 4.78 is 1.44. The van der Waals surface area contributed by atoms with E-state index in [1.807, 2.05) is 18.7 Å². The highest BCUT2D eigenvalue weighted by atomic mass is 15.5. The van der Waals surface area contributed by atoms with Gasteiger partial charge in [0.05, 0.1) is 0 Å². The average molecular weight is 233 g/mol. The Hall–Kier alpha value is -2.18. The van der Waals surface area contributed by atoms with Gasteiger partial charge in [0, 0.05) is 25.5 Å². The Kier molecular flexibility index (Phi) is 3.17. The molecule has 17 heavy (non-hydrogen) atoms. The summed E-state index contributed by atoms with van der Waals surface area (Å²) in [7, 11) is 0. The number of hydrogen-bond donors (Lipinski definition) is 1. The summed E-state index contributed by atoms with van der Waals surface area (Å²) in [5, 5.41) is 4.30. The van der Waals surface area contributed by atoms with Crippen molar-refractivity contribution in [2.24, 2.45) is 0 Å². The Labute approximate surface area is 99.3 Å². The van der Waals surface area contributed by atoms with E-state index in [1.165, 1.54) is 4.68 Å². The molecule has 2 N–H and O–H groups in total. The van der Waals surface area contributed by atoms with Crippen LogP contribution in [0.5, 0.6) is 0 Å². The summed E-state index contributed by atoms with van der Waals surface area (Å²) >= 11 is 0. The Morgan fingerprint density at radius 1 is 1.24 bits per heavy atom. The highest BCUT2D eigenvalue weighted by Crippen LogP contribution is 2.12. The smallest absolute Gasteiger partial charge is 0.253 e. The molecule has 0 atom stereocenters. The van der Waals surface area contributed by atoms with Crippen LogP contribution in [-0.4, -0.2) is 37.8 Å². The van der Waals surface area contributed by atoms with Crippen LogP contribution in [0.25, 0.3) is 5.95 Å². The second-order valence-corrected chi connectivity index (χ2v) is 3.40. The lowest BCUT2D eigenvalue weighted by Crippen LogP contribution is -2.23. The fourth-order valence-corrected chi connectivity index (χ4v) is 1.50. The normalized spacial score (nSPS) is 10.5. The van der Waals surface area contributed by atoms with E-state index in [1.54, 1.807) is 18.5 Å². The van der Waals surface area contributed by atoms with Gasteiger partial charge in [-0.3, -0.25) is 0 Å². The van der Waals surface area contributed by atoms with Crippen LogP contribution in [-0.2, 0) is 0 Å². The molecular formula is C10H15N7. The topological polar surface area (TPSA) is 85.8 Å². The van der Waals surface area contributed by atoms with E-state index in [0.717, 1.165) is 13.1 Å². The molecule has 2 heterocycles. The molecule has 7 heteroatoms. The molecule has 0 saturated carbocycles. The van der Waals surface area contributed by atoms with E-state index in [4.69, 9.17) is 5.73 Å². The van der Waals surface area contributed by atoms with E-state index in [2.05, 4.69) is 20.1 Å². The maximum atomic E-state index is 5.80. The Bertz CT molecular complexity index is 475. The molecule has 0 spiro atoms.